The molecule has 0 radical (unpaired) electrons. The summed E-state index contributed by atoms with van der Waals surface area (Å²) in [7, 11) is -1.83. The van der Waals surface area contributed by atoms with E-state index in [-0.39, 0.29) is 0 Å². The molecular formula is C4H9NO3S. The highest BCUT2D eigenvalue weighted by atomic mass is 32.2. The first-order chi connectivity index (χ1) is 4.08. The van der Waals surface area contributed by atoms with E-state index in [0.717, 1.165) is 0 Å². The first-order valence-electron chi connectivity index (χ1n) is 2.68. The topological polar surface area (TPSA) is 66.4 Å². The molecule has 0 saturated heterocycles. The van der Waals surface area contributed by atoms with Crippen LogP contribution in [0.5, 0.6) is 0 Å². The zero-order valence-corrected chi connectivity index (χ0v) is 5.85. The third kappa shape index (κ3) is 1.23. The summed E-state index contributed by atoms with van der Waals surface area (Å²) >= 11 is 0. The molecule has 0 aromatic rings. The van der Waals surface area contributed by atoms with Crippen LogP contribution in [0.15, 0.2) is 0 Å². The number of aliphatic hydroxyl groups is 1. The maximum absolute atomic E-state index is 10.7. The van der Waals surface area contributed by atoms with Crippen molar-refractivity contribution in [2.24, 2.45) is 0 Å². The highest BCUT2D eigenvalue weighted by molar-refractivity contribution is 7.90. The minimum Gasteiger partial charge on any atom is -0.392 e. The fourth-order valence-electron chi connectivity index (χ4n) is 0.644. The van der Waals surface area contributed by atoms with E-state index in [1.807, 2.05) is 0 Å². The number of sulfonamides is 1. The van der Waals surface area contributed by atoms with Crippen LogP contribution in [0.3, 0.4) is 0 Å². The van der Waals surface area contributed by atoms with Crippen LogP contribution in [0.4, 0.5) is 0 Å². The Labute approximate surface area is 53.9 Å². The summed E-state index contributed by atoms with van der Waals surface area (Å²) in [5.74, 6) is 0. The van der Waals surface area contributed by atoms with Crippen LogP contribution in [0.2, 0.25) is 0 Å². The molecule has 1 aliphatic rings. The van der Waals surface area contributed by atoms with Gasteiger partial charge < -0.3 is 5.11 Å². The van der Waals surface area contributed by atoms with Gasteiger partial charge in [-0.3, -0.25) is 0 Å². The highest BCUT2D eigenvalue weighted by Crippen LogP contribution is 2.27. The summed E-state index contributed by atoms with van der Waals surface area (Å²) in [6.07, 6.45) is -0.258. The molecule has 1 rings (SSSR count). The number of nitrogens with one attached hydrogen (secondary N) is 1. The van der Waals surface area contributed by atoms with Gasteiger partial charge in [0.05, 0.1) is 6.10 Å². The van der Waals surface area contributed by atoms with E-state index in [1.54, 1.807) is 0 Å². The van der Waals surface area contributed by atoms with Gasteiger partial charge in [0.15, 0.2) is 0 Å². The molecule has 0 amide bonds. The average Bonchev–Trinajstić information content (AvgIpc) is 2.47. The van der Waals surface area contributed by atoms with Gasteiger partial charge >= 0.3 is 0 Å². The number of hydrogen-bond donors (Lipinski definition) is 2. The van der Waals surface area contributed by atoms with Crippen molar-refractivity contribution in [1.82, 2.24) is 4.72 Å². The predicted octanol–water partition coefficient (Wildman–Crippen LogP) is -1.33. The quantitative estimate of drug-likeness (QED) is 0.514. The Morgan fingerprint density at radius 3 is 2.22 bits per heavy atom. The predicted molar refractivity (Wildman–Crippen MR) is 32.4 cm³/mol. The van der Waals surface area contributed by atoms with E-state index in [9.17, 15) is 8.42 Å². The van der Waals surface area contributed by atoms with Gasteiger partial charge in [-0.05, 0) is 13.5 Å². The highest BCUT2D eigenvalue weighted by Gasteiger charge is 2.45. The molecule has 5 heteroatoms. The molecule has 0 heterocycles. The number of aliphatic hydroxyl groups excluding tert-OH is 1. The molecule has 9 heavy (non-hydrogen) atoms. The fourth-order valence-corrected chi connectivity index (χ4v) is 1.81. The summed E-state index contributed by atoms with van der Waals surface area (Å²) < 4.78 is 23.5. The third-order valence-corrected chi connectivity index (χ3v) is 3.26. The van der Waals surface area contributed by atoms with Gasteiger partial charge in [0.2, 0.25) is 10.0 Å². The second kappa shape index (κ2) is 1.93. The Balaban J connectivity index is 2.63. The summed E-state index contributed by atoms with van der Waals surface area (Å²) in [6.45, 7) is 0. The van der Waals surface area contributed by atoms with Crippen LogP contribution in [-0.4, -0.2) is 31.9 Å². The third-order valence-electron chi connectivity index (χ3n) is 1.38. The van der Waals surface area contributed by atoms with Gasteiger partial charge in [-0.15, -0.1) is 0 Å². The van der Waals surface area contributed by atoms with Crippen molar-refractivity contribution in [2.45, 2.75) is 17.8 Å². The minimum absolute atomic E-state index is 0.378. The monoisotopic (exact) mass is 151 g/mol. The van der Waals surface area contributed by atoms with Crippen LogP contribution < -0.4 is 4.72 Å². The Kier molecular flexibility index (Phi) is 1.50. The lowest BCUT2D eigenvalue weighted by atomic mass is 10.9. The van der Waals surface area contributed by atoms with Gasteiger partial charge in [0.25, 0.3) is 0 Å². The second-order valence-corrected chi connectivity index (χ2v) is 4.19. The molecule has 1 aliphatic carbocycles. The summed E-state index contributed by atoms with van der Waals surface area (Å²) in [5, 5.41) is 8.12. The van der Waals surface area contributed by atoms with E-state index in [1.165, 1.54) is 7.05 Å². The van der Waals surface area contributed by atoms with Crippen molar-refractivity contribution in [3.8, 4) is 0 Å². The van der Waals surface area contributed by atoms with E-state index in [2.05, 4.69) is 4.72 Å². The maximum atomic E-state index is 10.7. The zero-order chi connectivity index (χ0) is 7.07. The van der Waals surface area contributed by atoms with Crippen LogP contribution in [0, 0.1) is 0 Å². The molecule has 0 aromatic carbocycles. The molecule has 0 bridgehead atoms. The maximum Gasteiger partial charge on any atom is 0.216 e. The standard InChI is InChI=1S/C4H9NO3S/c1-5-9(7,8)4-2-3(4)6/h3-6H,2H2,1H3. The van der Waals surface area contributed by atoms with Crippen molar-refractivity contribution in [2.75, 3.05) is 7.05 Å². The molecule has 2 N–H and O–H groups in total. The van der Waals surface area contributed by atoms with Crippen molar-refractivity contribution in [3.63, 3.8) is 0 Å². The first-order valence-corrected chi connectivity index (χ1v) is 4.23. The Hall–Kier alpha value is -0.130. The molecule has 0 aliphatic heterocycles. The van der Waals surface area contributed by atoms with Gasteiger partial charge in [-0.2, -0.15) is 0 Å². The zero-order valence-electron chi connectivity index (χ0n) is 5.03. The van der Waals surface area contributed by atoms with Crippen LogP contribution >= 0.6 is 0 Å². The normalized spacial score (nSPS) is 34.4. The summed E-state index contributed by atoms with van der Waals surface area (Å²) in [5.41, 5.74) is 0. The molecule has 1 fully saturated rings. The molecule has 0 spiro atoms. The lowest BCUT2D eigenvalue weighted by Crippen LogP contribution is -2.24. The van der Waals surface area contributed by atoms with E-state index in [4.69, 9.17) is 5.11 Å². The average molecular weight is 151 g/mol. The lowest BCUT2D eigenvalue weighted by molar-refractivity contribution is 0.279. The van der Waals surface area contributed by atoms with Gasteiger partial charge in [0, 0.05) is 0 Å². The van der Waals surface area contributed by atoms with Crippen LogP contribution in [0.1, 0.15) is 6.42 Å². The Morgan fingerprint density at radius 1 is 1.67 bits per heavy atom. The smallest absolute Gasteiger partial charge is 0.216 e. The molecule has 54 valence electrons. The van der Waals surface area contributed by atoms with E-state index in [0.29, 0.717) is 6.42 Å². The van der Waals surface area contributed by atoms with Crippen molar-refractivity contribution >= 4 is 10.0 Å². The van der Waals surface area contributed by atoms with Gasteiger partial charge in [0.1, 0.15) is 5.25 Å². The summed E-state index contributed by atoms with van der Waals surface area (Å²) in [6, 6.07) is 0. The van der Waals surface area contributed by atoms with E-state index >= 15 is 0 Å². The second-order valence-electron chi connectivity index (χ2n) is 2.09. The summed E-state index contributed by atoms with van der Waals surface area (Å²) in [4.78, 5) is 0. The van der Waals surface area contributed by atoms with Crippen LogP contribution in [-0.2, 0) is 10.0 Å². The molecule has 0 aromatic heterocycles. The number of rotatable bonds is 2. The van der Waals surface area contributed by atoms with Gasteiger partial charge in [-0.1, -0.05) is 0 Å². The van der Waals surface area contributed by atoms with Crippen LogP contribution in [0.25, 0.3) is 0 Å². The minimum atomic E-state index is -3.17. The Morgan fingerprint density at radius 2 is 2.11 bits per heavy atom. The molecule has 2 atom stereocenters. The SMILES string of the molecule is CNS(=O)(=O)C1CC1O. The Bertz CT molecular complexity index is 198. The molecule has 1 saturated carbocycles. The fraction of sp³-hybridized carbons (Fsp3) is 1.00. The first kappa shape index (κ1) is 6.98. The van der Waals surface area contributed by atoms with Crippen molar-refractivity contribution in [1.29, 1.82) is 0 Å². The molecular weight excluding hydrogens is 142 g/mol. The van der Waals surface area contributed by atoms with Crippen molar-refractivity contribution < 1.29 is 13.5 Å². The van der Waals surface area contributed by atoms with Gasteiger partial charge in [-0.25, -0.2) is 13.1 Å². The molecule has 4 nitrogen and oxygen atoms in total. The number of hydrogen-bond acceptors (Lipinski definition) is 3. The molecule has 2 unspecified atom stereocenters. The lowest BCUT2D eigenvalue weighted by Gasteiger charge is -1.95. The largest absolute Gasteiger partial charge is 0.392 e. The van der Waals surface area contributed by atoms with E-state index < -0.39 is 21.4 Å². The van der Waals surface area contributed by atoms with Crippen molar-refractivity contribution in [3.05, 3.63) is 0 Å².